The summed E-state index contributed by atoms with van der Waals surface area (Å²) in [6.45, 7) is 0. The topological polar surface area (TPSA) is 76.2 Å². The Bertz CT molecular complexity index is 741. The maximum atomic E-state index is 12.0. The summed E-state index contributed by atoms with van der Waals surface area (Å²) in [4.78, 5) is 12.0. The van der Waals surface area contributed by atoms with Gasteiger partial charge in [0.25, 0.3) is 0 Å². The monoisotopic (exact) mass is 329 g/mol. The number of thioether (sulfide) groups is 1. The van der Waals surface area contributed by atoms with Crippen LogP contribution in [0.4, 0.5) is 0 Å². The van der Waals surface area contributed by atoms with Crippen LogP contribution in [0.2, 0.25) is 0 Å². The second-order valence-corrected chi connectivity index (χ2v) is 6.01. The number of ether oxygens (including phenoxy) is 1. The molecule has 1 amide bonds. The fraction of sp³-hybridized carbons (Fsp3) is 0.188. The van der Waals surface area contributed by atoms with Gasteiger partial charge in [0, 0.05) is 0 Å². The highest BCUT2D eigenvalue weighted by Crippen LogP contribution is 2.24. The lowest BCUT2D eigenvalue weighted by Crippen LogP contribution is -2.25. The van der Waals surface area contributed by atoms with Crippen LogP contribution >= 0.6 is 11.8 Å². The van der Waals surface area contributed by atoms with Gasteiger partial charge in [-0.15, -0.1) is 5.10 Å². The Morgan fingerprint density at radius 3 is 3.09 bits per heavy atom. The zero-order valence-electron chi connectivity index (χ0n) is 12.4. The van der Waals surface area contributed by atoms with E-state index in [0.29, 0.717) is 17.3 Å². The summed E-state index contributed by atoms with van der Waals surface area (Å²) in [6.07, 6.45) is 3.66. The molecule has 1 fully saturated rings. The molecule has 2 heterocycles. The summed E-state index contributed by atoms with van der Waals surface area (Å²) >= 11 is 1.37. The van der Waals surface area contributed by atoms with Crippen molar-refractivity contribution in [2.45, 2.75) is 11.7 Å². The van der Waals surface area contributed by atoms with E-state index in [1.807, 2.05) is 24.3 Å². The van der Waals surface area contributed by atoms with Crippen LogP contribution in [0.15, 0.2) is 57.3 Å². The predicted octanol–water partition coefficient (Wildman–Crippen LogP) is 2.45. The number of hydrogen-bond donors (Lipinski definition) is 1. The first-order valence-electron chi connectivity index (χ1n) is 6.99. The van der Waals surface area contributed by atoms with Crippen LogP contribution in [0, 0.1) is 0 Å². The SMILES string of the molecule is COc1cccc(C[C@H]2S/C(=N/N=C\c3ccco3)NC2=O)c1. The molecule has 0 unspecified atom stereocenters. The summed E-state index contributed by atoms with van der Waals surface area (Å²) in [5.74, 6) is 1.32. The van der Waals surface area contributed by atoms with Crippen LogP contribution in [0.3, 0.4) is 0 Å². The summed E-state index contributed by atoms with van der Waals surface area (Å²) < 4.78 is 10.3. The van der Waals surface area contributed by atoms with Crippen LogP contribution in [-0.2, 0) is 11.2 Å². The van der Waals surface area contributed by atoms with Crippen LogP contribution in [-0.4, -0.2) is 29.6 Å². The summed E-state index contributed by atoms with van der Waals surface area (Å²) in [5.41, 5.74) is 1.04. The molecular formula is C16H15N3O3S. The minimum Gasteiger partial charge on any atom is -0.497 e. The molecule has 1 saturated heterocycles. The molecule has 6 nitrogen and oxygen atoms in total. The minimum absolute atomic E-state index is 0.0650. The van der Waals surface area contributed by atoms with Gasteiger partial charge in [-0.05, 0) is 36.2 Å². The van der Waals surface area contributed by atoms with Crippen LogP contribution in [0.5, 0.6) is 5.75 Å². The van der Waals surface area contributed by atoms with Crippen molar-refractivity contribution in [3.05, 3.63) is 54.0 Å². The molecule has 2 aromatic rings. The van der Waals surface area contributed by atoms with E-state index in [1.54, 1.807) is 25.5 Å². The van der Waals surface area contributed by atoms with Gasteiger partial charge in [0.05, 0.1) is 24.8 Å². The lowest BCUT2D eigenvalue weighted by atomic mass is 10.1. The molecular weight excluding hydrogens is 314 g/mol. The maximum absolute atomic E-state index is 12.0. The number of furan rings is 1. The molecule has 1 aromatic heterocycles. The van der Waals surface area contributed by atoms with Gasteiger partial charge in [0.15, 0.2) is 5.17 Å². The molecule has 0 bridgehead atoms. The Morgan fingerprint density at radius 2 is 2.30 bits per heavy atom. The Hall–Kier alpha value is -2.54. The van der Waals surface area contributed by atoms with E-state index in [4.69, 9.17) is 9.15 Å². The van der Waals surface area contributed by atoms with E-state index in [-0.39, 0.29) is 11.2 Å². The van der Waals surface area contributed by atoms with Crippen molar-refractivity contribution in [1.82, 2.24) is 5.32 Å². The highest BCUT2D eigenvalue weighted by molar-refractivity contribution is 8.15. The molecule has 1 atom stereocenters. The third-order valence-corrected chi connectivity index (χ3v) is 4.28. The second kappa shape index (κ2) is 7.15. The number of nitrogens with one attached hydrogen (secondary N) is 1. The fourth-order valence-electron chi connectivity index (χ4n) is 2.10. The molecule has 1 aliphatic heterocycles. The average Bonchev–Trinajstić information content (AvgIpc) is 3.18. The predicted molar refractivity (Wildman–Crippen MR) is 90.0 cm³/mol. The Morgan fingerprint density at radius 1 is 1.39 bits per heavy atom. The Balaban J connectivity index is 1.63. The quantitative estimate of drug-likeness (QED) is 0.675. The van der Waals surface area contributed by atoms with Crippen LogP contribution in [0.1, 0.15) is 11.3 Å². The van der Waals surface area contributed by atoms with Crippen molar-refractivity contribution in [1.29, 1.82) is 0 Å². The zero-order chi connectivity index (χ0) is 16.1. The van der Waals surface area contributed by atoms with Crippen molar-refractivity contribution < 1.29 is 13.9 Å². The Kier molecular flexibility index (Phi) is 4.77. The first-order valence-corrected chi connectivity index (χ1v) is 7.87. The molecule has 1 aromatic carbocycles. The van der Waals surface area contributed by atoms with Crippen LogP contribution < -0.4 is 10.1 Å². The number of carbonyl (C=O) groups excluding carboxylic acids is 1. The first-order chi connectivity index (χ1) is 11.2. The second-order valence-electron chi connectivity index (χ2n) is 4.82. The number of rotatable bonds is 5. The molecule has 0 saturated carbocycles. The minimum atomic E-state index is -0.223. The molecule has 0 aliphatic carbocycles. The molecule has 3 rings (SSSR count). The van der Waals surface area contributed by atoms with Crippen molar-refractivity contribution in [3.63, 3.8) is 0 Å². The number of methoxy groups -OCH3 is 1. The van der Waals surface area contributed by atoms with Gasteiger partial charge >= 0.3 is 0 Å². The lowest BCUT2D eigenvalue weighted by Gasteiger charge is -2.07. The molecule has 23 heavy (non-hydrogen) atoms. The summed E-state index contributed by atoms with van der Waals surface area (Å²) in [7, 11) is 1.62. The number of hydrogen-bond acceptors (Lipinski definition) is 6. The normalized spacial score (nSPS) is 19.4. The summed E-state index contributed by atoms with van der Waals surface area (Å²) in [5, 5.41) is 10.9. The number of benzene rings is 1. The number of carbonyl (C=O) groups is 1. The largest absolute Gasteiger partial charge is 0.497 e. The van der Waals surface area contributed by atoms with Crippen molar-refractivity contribution in [2.75, 3.05) is 7.11 Å². The highest BCUT2D eigenvalue weighted by Gasteiger charge is 2.30. The van der Waals surface area contributed by atoms with E-state index in [2.05, 4.69) is 15.5 Å². The first kappa shape index (κ1) is 15.4. The molecule has 0 radical (unpaired) electrons. The average molecular weight is 329 g/mol. The van der Waals surface area contributed by atoms with Crippen molar-refractivity contribution in [2.24, 2.45) is 10.2 Å². The van der Waals surface area contributed by atoms with E-state index < -0.39 is 0 Å². The Labute approximate surface area is 137 Å². The third kappa shape index (κ3) is 4.01. The molecule has 7 heteroatoms. The van der Waals surface area contributed by atoms with Gasteiger partial charge in [-0.25, -0.2) is 0 Å². The standard InChI is InChI=1S/C16H15N3O3S/c1-21-12-5-2-4-11(8-12)9-14-15(20)18-16(23-14)19-17-10-13-6-3-7-22-13/h2-8,10,14H,9H2,1H3,(H,18,19,20)/b17-10-/t14-/m1/s1. The van der Waals surface area contributed by atoms with Crippen molar-refractivity contribution in [3.8, 4) is 5.75 Å². The van der Waals surface area contributed by atoms with E-state index in [0.717, 1.165) is 11.3 Å². The van der Waals surface area contributed by atoms with E-state index >= 15 is 0 Å². The van der Waals surface area contributed by atoms with Crippen LogP contribution in [0.25, 0.3) is 0 Å². The number of nitrogens with zero attached hydrogens (tertiary/aromatic N) is 2. The van der Waals surface area contributed by atoms with Gasteiger partial charge in [-0.1, -0.05) is 23.9 Å². The van der Waals surface area contributed by atoms with E-state index in [1.165, 1.54) is 18.0 Å². The van der Waals surface area contributed by atoms with Gasteiger partial charge in [0.2, 0.25) is 5.91 Å². The third-order valence-electron chi connectivity index (χ3n) is 3.21. The smallest absolute Gasteiger partial charge is 0.239 e. The zero-order valence-corrected chi connectivity index (χ0v) is 13.2. The van der Waals surface area contributed by atoms with Gasteiger partial charge in [-0.3, -0.25) is 4.79 Å². The number of amidine groups is 1. The maximum Gasteiger partial charge on any atom is 0.239 e. The van der Waals surface area contributed by atoms with Gasteiger partial charge in [-0.2, -0.15) is 5.10 Å². The fourth-order valence-corrected chi connectivity index (χ4v) is 3.07. The van der Waals surface area contributed by atoms with Crippen molar-refractivity contribution >= 4 is 29.1 Å². The molecule has 1 N–H and O–H groups in total. The highest BCUT2D eigenvalue weighted by atomic mass is 32.2. The molecule has 0 spiro atoms. The van der Waals surface area contributed by atoms with Gasteiger partial charge in [0.1, 0.15) is 11.5 Å². The van der Waals surface area contributed by atoms with E-state index in [9.17, 15) is 4.79 Å². The lowest BCUT2D eigenvalue weighted by molar-refractivity contribution is -0.118. The molecule has 118 valence electrons. The molecule has 1 aliphatic rings. The summed E-state index contributed by atoms with van der Waals surface area (Å²) in [6, 6.07) is 11.2. The number of amides is 1. The van der Waals surface area contributed by atoms with Gasteiger partial charge < -0.3 is 14.5 Å².